The van der Waals surface area contributed by atoms with E-state index in [4.69, 9.17) is 0 Å². The van der Waals surface area contributed by atoms with Gasteiger partial charge in [0, 0.05) is 6.07 Å². The molecule has 102 valence electrons. The molecule has 0 fully saturated rings. The molecule has 0 atom stereocenters. The first-order chi connectivity index (χ1) is 8.83. The number of nitrogens with zero attached hydrogens (tertiary/aromatic N) is 2. The second-order valence-corrected chi connectivity index (χ2v) is 5.26. The number of rotatable bonds is 3. The van der Waals surface area contributed by atoms with Gasteiger partial charge in [0.1, 0.15) is 15.0 Å². The van der Waals surface area contributed by atoms with Gasteiger partial charge in [0.15, 0.2) is 0 Å². The lowest BCUT2D eigenvalue weighted by atomic mass is 10.2. The molecule has 8 heteroatoms. The molecule has 0 N–H and O–H groups in total. The maximum Gasteiger partial charge on any atom is 0.573 e. The molecule has 19 heavy (non-hydrogen) atoms. The summed E-state index contributed by atoms with van der Waals surface area (Å²) in [7, 11) is 0. The zero-order valence-corrected chi connectivity index (χ0v) is 12.5. The molecule has 0 aliphatic carbocycles. The summed E-state index contributed by atoms with van der Waals surface area (Å²) in [5.74, 6) is -0.239. The fraction of sp³-hybridized carbons (Fsp3) is 0.182. The quantitative estimate of drug-likeness (QED) is 0.766. The van der Waals surface area contributed by atoms with Crippen LogP contribution in [0.2, 0.25) is 0 Å². The Labute approximate surface area is 123 Å². The van der Waals surface area contributed by atoms with Crippen molar-refractivity contribution in [3.63, 3.8) is 0 Å². The van der Waals surface area contributed by atoms with Gasteiger partial charge in [0.2, 0.25) is 0 Å². The molecule has 2 rings (SSSR count). The van der Waals surface area contributed by atoms with Gasteiger partial charge < -0.3 is 4.74 Å². The van der Waals surface area contributed by atoms with Crippen molar-refractivity contribution in [2.45, 2.75) is 12.9 Å². The van der Waals surface area contributed by atoms with Gasteiger partial charge in [0.05, 0.1) is 6.54 Å². The highest BCUT2D eigenvalue weighted by atomic mass is 79.9. The minimum absolute atomic E-state index is 0.239. The van der Waals surface area contributed by atoms with Crippen molar-refractivity contribution >= 4 is 31.9 Å². The molecule has 0 aliphatic rings. The Morgan fingerprint density at radius 2 is 1.79 bits per heavy atom. The van der Waals surface area contributed by atoms with Crippen LogP contribution in [-0.2, 0) is 6.54 Å². The zero-order chi connectivity index (χ0) is 14.0. The van der Waals surface area contributed by atoms with Crippen LogP contribution in [0.3, 0.4) is 0 Å². The first-order valence-corrected chi connectivity index (χ1v) is 6.65. The Morgan fingerprint density at radius 1 is 1.16 bits per heavy atom. The number of benzene rings is 1. The van der Waals surface area contributed by atoms with Crippen LogP contribution in [0.25, 0.3) is 0 Å². The highest BCUT2D eigenvalue weighted by molar-refractivity contribution is 9.11. The molecule has 3 nitrogen and oxygen atoms in total. The second kappa shape index (κ2) is 5.54. The molecule has 0 saturated carbocycles. The van der Waals surface area contributed by atoms with E-state index in [9.17, 15) is 13.2 Å². The van der Waals surface area contributed by atoms with Gasteiger partial charge in [-0.15, -0.1) is 13.2 Å². The van der Waals surface area contributed by atoms with Crippen molar-refractivity contribution in [1.82, 2.24) is 9.78 Å². The highest BCUT2D eigenvalue weighted by Gasteiger charge is 2.30. The van der Waals surface area contributed by atoms with Crippen molar-refractivity contribution < 1.29 is 17.9 Å². The summed E-state index contributed by atoms with van der Waals surface area (Å²) in [5, 5.41) is 4.16. The van der Waals surface area contributed by atoms with E-state index in [2.05, 4.69) is 41.7 Å². The Morgan fingerprint density at radius 3 is 2.26 bits per heavy atom. The summed E-state index contributed by atoms with van der Waals surface area (Å²) in [6.45, 7) is 0.443. The van der Waals surface area contributed by atoms with Crippen molar-refractivity contribution in [1.29, 1.82) is 0 Å². The second-order valence-electron chi connectivity index (χ2n) is 3.64. The maximum absolute atomic E-state index is 12.0. The monoisotopic (exact) mass is 398 g/mol. The predicted octanol–water partition coefficient (Wildman–Crippen LogP) is 4.36. The number of alkyl halides is 3. The third-order valence-electron chi connectivity index (χ3n) is 2.19. The average molecular weight is 400 g/mol. The Hall–Kier alpha value is -1.02. The van der Waals surface area contributed by atoms with Crippen LogP contribution in [0.5, 0.6) is 5.75 Å². The third-order valence-corrected chi connectivity index (χ3v) is 3.22. The number of hydrogen-bond acceptors (Lipinski definition) is 2. The normalized spacial score (nSPS) is 11.6. The van der Waals surface area contributed by atoms with Crippen LogP contribution in [-0.4, -0.2) is 16.1 Å². The van der Waals surface area contributed by atoms with Crippen molar-refractivity contribution in [2.24, 2.45) is 0 Å². The Bertz CT molecular complexity index is 566. The van der Waals surface area contributed by atoms with Crippen molar-refractivity contribution in [2.75, 3.05) is 0 Å². The molecule has 0 unspecified atom stereocenters. The van der Waals surface area contributed by atoms with E-state index >= 15 is 0 Å². The van der Waals surface area contributed by atoms with E-state index in [0.717, 1.165) is 10.2 Å². The molecular weight excluding hydrogens is 393 g/mol. The number of halogens is 5. The molecule has 1 aromatic carbocycles. The Balaban J connectivity index is 2.09. The van der Waals surface area contributed by atoms with Gasteiger partial charge in [0.25, 0.3) is 0 Å². The lowest BCUT2D eigenvalue weighted by Gasteiger charge is -2.09. The first kappa shape index (κ1) is 14.4. The number of ether oxygens (including phenoxy) is 1. The molecule has 0 radical (unpaired) electrons. The van der Waals surface area contributed by atoms with Crippen LogP contribution in [0, 0.1) is 0 Å². The topological polar surface area (TPSA) is 27.1 Å². The highest BCUT2D eigenvalue weighted by Crippen LogP contribution is 2.23. The van der Waals surface area contributed by atoms with Gasteiger partial charge in [-0.25, -0.2) is 0 Å². The first-order valence-electron chi connectivity index (χ1n) is 5.07. The van der Waals surface area contributed by atoms with E-state index in [-0.39, 0.29) is 5.75 Å². The van der Waals surface area contributed by atoms with Gasteiger partial charge in [-0.3, -0.25) is 4.68 Å². The minimum Gasteiger partial charge on any atom is -0.406 e. The van der Waals surface area contributed by atoms with E-state index in [1.807, 2.05) is 0 Å². The Kier molecular flexibility index (Phi) is 4.19. The predicted molar refractivity (Wildman–Crippen MR) is 69.9 cm³/mol. The summed E-state index contributed by atoms with van der Waals surface area (Å²) >= 11 is 6.56. The van der Waals surface area contributed by atoms with E-state index in [1.54, 1.807) is 22.9 Å². The van der Waals surface area contributed by atoms with Gasteiger partial charge >= 0.3 is 6.36 Å². The van der Waals surface area contributed by atoms with Crippen molar-refractivity contribution in [3.8, 4) is 5.75 Å². The van der Waals surface area contributed by atoms with Crippen LogP contribution in [0.4, 0.5) is 13.2 Å². The molecule has 0 bridgehead atoms. The van der Waals surface area contributed by atoms with Crippen molar-refractivity contribution in [3.05, 3.63) is 45.1 Å². The smallest absolute Gasteiger partial charge is 0.406 e. The lowest BCUT2D eigenvalue weighted by Crippen LogP contribution is -2.17. The SMILES string of the molecule is FC(F)(F)Oc1ccc(Cn2nc(Br)cc2Br)cc1. The zero-order valence-electron chi connectivity index (χ0n) is 9.29. The van der Waals surface area contributed by atoms with Gasteiger partial charge in [-0.1, -0.05) is 12.1 Å². The van der Waals surface area contributed by atoms with Gasteiger partial charge in [-0.05, 0) is 49.6 Å². The van der Waals surface area contributed by atoms with E-state index in [1.165, 1.54) is 12.1 Å². The lowest BCUT2D eigenvalue weighted by molar-refractivity contribution is -0.274. The molecule has 1 aromatic heterocycles. The molecule has 2 aromatic rings. The maximum atomic E-state index is 12.0. The van der Waals surface area contributed by atoms with Crippen LogP contribution in [0.15, 0.2) is 39.5 Å². The summed E-state index contributed by atoms with van der Waals surface area (Å²) in [5.41, 5.74) is 0.811. The summed E-state index contributed by atoms with van der Waals surface area (Å²) < 4.78 is 42.9. The molecular formula is C11H7Br2F3N2O. The fourth-order valence-electron chi connectivity index (χ4n) is 1.45. The molecule has 0 amide bonds. The summed E-state index contributed by atoms with van der Waals surface area (Å²) in [6, 6.07) is 7.44. The summed E-state index contributed by atoms with van der Waals surface area (Å²) in [6.07, 6.45) is -4.67. The fourth-order valence-corrected chi connectivity index (χ4v) is 2.58. The van der Waals surface area contributed by atoms with Crippen LogP contribution in [0.1, 0.15) is 5.56 Å². The molecule has 0 saturated heterocycles. The van der Waals surface area contributed by atoms with E-state index < -0.39 is 6.36 Å². The van der Waals surface area contributed by atoms with Crippen LogP contribution < -0.4 is 4.74 Å². The number of aromatic nitrogens is 2. The van der Waals surface area contributed by atoms with Gasteiger partial charge in [-0.2, -0.15) is 5.10 Å². The average Bonchev–Trinajstić information content (AvgIpc) is 2.58. The standard InChI is InChI=1S/C11H7Br2F3N2O/c12-9-5-10(13)18(17-9)6-7-1-3-8(4-2-7)19-11(14,15)16/h1-5H,6H2. The number of hydrogen-bond donors (Lipinski definition) is 0. The summed E-state index contributed by atoms with van der Waals surface area (Å²) in [4.78, 5) is 0. The molecule has 0 aliphatic heterocycles. The third kappa shape index (κ3) is 4.24. The van der Waals surface area contributed by atoms with E-state index in [0.29, 0.717) is 11.1 Å². The molecule has 0 spiro atoms. The largest absolute Gasteiger partial charge is 0.573 e. The van der Waals surface area contributed by atoms with Crippen LogP contribution >= 0.6 is 31.9 Å². The minimum atomic E-state index is -4.67. The molecule has 1 heterocycles.